The monoisotopic (exact) mass is 259 g/mol. The molecule has 0 aromatic carbocycles. The van der Waals surface area contributed by atoms with Crippen LogP contribution in [0, 0.1) is 5.92 Å². The van der Waals surface area contributed by atoms with E-state index in [9.17, 15) is 9.90 Å². The van der Waals surface area contributed by atoms with E-state index in [2.05, 4.69) is 18.7 Å². The maximum absolute atomic E-state index is 11.2. The van der Waals surface area contributed by atoms with Crippen LogP contribution in [0.25, 0.3) is 0 Å². The molecule has 1 N–H and O–H groups in total. The Kier molecular flexibility index (Phi) is 6.60. The summed E-state index contributed by atoms with van der Waals surface area (Å²) in [5.41, 5.74) is 0. The summed E-state index contributed by atoms with van der Waals surface area (Å²) in [5, 5.41) is 9.22. The molecule has 5 heteroatoms. The fourth-order valence-electron chi connectivity index (χ4n) is 2.46. The zero-order valence-corrected chi connectivity index (χ0v) is 11.6. The third-order valence-corrected chi connectivity index (χ3v) is 3.40. The Labute approximate surface area is 109 Å². The molecule has 3 atom stereocenters. The molecule has 106 valence electrons. The van der Waals surface area contributed by atoms with Crippen molar-refractivity contribution >= 4 is 5.97 Å². The lowest BCUT2D eigenvalue weighted by atomic mass is 10.0. The Morgan fingerprint density at radius 1 is 1.50 bits per heavy atom. The first kappa shape index (κ1) is 15.4. The number of rotatable bonds is 8. The highest BCUT2D eigenvalue weighted by Crippen LogP contribution is 2.22. The normalized spacial score (nSPS) is 25.6. The van der Waals surface area contributed by atoms with E-state index in [0.717, 1.165) is 13.0 Å². The number of carbonyl (C=O) groups is 1. The van der Waals surface area contributed by atoms with E-state index in [1.54, 1.807) is 0 Å². The zero-order chi connectivity index (χ0) is 13.5. The number of carboxylic acid groups (broad SMARTS) is 1. The maximum atomic E-state index is 11.2. The largest absolute Gasteiger partial charge is 0.481 e. The summed E-state index contributed by atoms with van der Waals surface area (Å²) in [7, 11) is 0. The van der Waals surface area contributed by atoms with E-state index in [1.807, 2.05) is 6.92 Å². The van der Waals surface area contributed by atoms with Gasteiger partial charge in [-0.3, -0.25) is 9.69 Å². The van der Waals surface area contributed by atoms with E-state index in [-0.39, 0.29) is 12.1 Å². The van der Waals surface area contributed by atoms with Gasteiger partial charge in [-0.25, -0.2) is 0 Å². The molecule has 1 fully saturated rings. The number of hydrogen-bond acceptors (Lipinski definition) is 4. The predicted octanol–water partition coefficient (Wildman–Crippen LogP) is 1.22. The Morgan fingerprint density at radius 3 is 2.78 bits per heavy atom. The molecular weight excluding hydrogens is 234 g/mol. The lowest BCUT2D eigenvalue weighted by Crippen LogP contribution is -2.49. The molecule has 3 unspecified atom stereocenters. The van der Waals surface area contributed by atoms with Gasteiger partial charge in [0, 0.05) is 18.7 Å². The van der Waals surface area contributed by atoms with Crippen molar-refractivity contribution in [3.63, 3.8) is 0 Å². The Balaban J connectivity index is 2.67. The average molecular weight is 259 g/mol. The average Bonchev–Trinajstić information content (AvgIpc) is 2.81. The first-order valence-electron chi connectivity index (χ1n) is 6.75. The van der Waals surface area contributed by atoms with Gasteiger partial charge in [0.05, 0.1) is 25.7 Å². The minimum atomic E-state index is -0.762. The lowest BCUT2D eigenvalue weighted by Gasteiger charge is -2.35. The van der Waals surface area contributed by atoms with Gasteiger partial charge in [-0.2, -0.15) is 0 Å². The van der Waals surface area contributed by atoms with Gasteiger partial charge in [-0.05, 0) is 26.8 Å². The van der Waals surface area contributed by atoms with Crippen molar-refractivity contribution in [2.24, 2.45) is 5.92 Å². The minimum Gasteiger partial charge on any atom is -0.481 e. The molecule has 5 nitrogen and oxygen atoms in total. The second kappa shape index (κ2) is 7.71. The summed E-state index contributed by atoms with van der Waals surface area (Å²) < 4.78 is 10.8. The summed E-state index contributed by atoms with van der Waals surface area (Å²) in [5.74, 6) is -1.18. The molecule has 1 saturated heterocycles. The molecule has 18 heavy (non-hydrogen) atoms. The second-order valence-electron chi connectivity index (χ2n) is 4.80. The molecule has 1 rings (SSSR count). The molecule has 0 spiro atoms. The SMILES string of the molecule is CCCN(C(C)COCC)C1COCC1C(=O)O. The van der Waals surface area contributed by atoms with E-state index >= 15 is 0 Å². The van der Waals surface area contributed by atoms with Crippen LogP contribution in [0.3, 0.4) is 0 Å². The van der Waals surface area contributed by atoms with E-state index in [4.69, 9.17) is 9.47 Å². The van der Waals surface area contributed by atoms with Crippen LogP contribution < -0.4 is 0 Å². The Bertz CT molecular complexity index is 259. The zero-order valence-electron chi connectivity index (χ0n) is 11.6. The van der Waals surface area contributed by atoms with E-state index in [0.29, 0.717) is 26.4 Å². The molecule has 0 bridgehead atoms. The van der Waals surface area contributed by atoms with Gasteiger partial charge >= 0.3 is 5.97 Å². The van der Waals surface area contributed by atoms with Gasteiger partial charge in [0.25, 0.3) is 0 Å². The van der Waals surface area contributed by atoms with E-state index < -0.39 is 11.9 Å². The van der Waals surface area contributed by atoms with Crippen LogP contribution in [-0.2, 0) is 14.3 Å². The number of hydrogen-bond donors (Lipinski definition) is 1. The molecule has 1 heterocycles. The highest BCUT2D eigenvalue weighted by Gasteiger charge is 2.39. The summed E-state index contributed by atoms with van der Waals surface area (Å²) in [6.45, 7) is 9.19. The predicted molar refractivity (Wildman–Crippen MR) is 68.7 cm³/mol. The lowest BCUT2D eigenvalue weighted by molar-refractivity contribution is -0.143. The standard InChI is InChI=1S/C13H25NO4/c1-4-6-14(10(3)7-17-5-2)12-9-18-8-11(12)13(15)16/h10-12H,4-9H2,1-3H3,(H,15,16). The fourth-order valence-corrected chi connectivity index (χ4v) is 2.46. The summed E-state index contributed by atoms with van der Waals surface area (Å²) in [6.07, 6.45) is 0.999. The van der Waals surface area contributed by atoms with Crippen LogP contribution >= 0.6 is 0 Å². The van der Waals surface area contributed by atoms with Crippen LogP contribution in [0.1, 0.15) is 27.2 Å². The smallest absolute Gasteiger partial charge is 0.310 e. The number of aliphatic carboxylic acids is 1. The molecule has 0 radical (unpaired) electrons. The molecule has 0 aromatic heterocycles. The van der Waals surface area contributed by atoms with Crippen molar-refractivity contribution in [1.82, 2.24) is 4.90 Å². The highest BCUT2D eigenvalue weighted by atomic mass is 16.5. The molecular formula is C13H25NO4. The topological polar surface area (TPSA) is 59.0 Å². The Morgan fingerprint density at radius 2 is 2.22 bits per heavy atom. The van der Waals surface area contributed by atoms with Gasteiger partial charge in [0.15, 0.2) is 0 Å². The van der Waals surface area contributed by atoms with Gasteiger partial charge in [0.2, 0.25) is 0 Å². The maximum Gasteiger partial charge on any atom is 0.310 e. The fraction of sp³-hybridized carbons (Fsp3) is 0.923. The molecule has 0 aromatic rings. The van der Waals surface area contributed by atoms with Gasteiger partial charge in [0.1, 0.15) is 0 Å². The third kappa shape index (κ3) is 3.93. The Hall–Kier alpha value is -0.650. The minimum absolute atomic E-state index is 0.0297. The molecule has 0 saturated carbocycles. The van der Waals surface area contributed by atoms with Crippen molar-refractivity contribution in [2.45, 2.75) is 39.3 Å². The number of nitrogens with zero attached hydrogens (tertiary/aromatic N) is 1. The first-order chi connectivity index (χ1) is 8.61. The van der Waals surface area contributed by atoms with Crippen molar-refractivity contribution < 1.29 is 19.4 Å². The van der Waals surface area contributed by atoms with Gasteiger partial charge in [-0.1, -0.05) is 6.92 Å². The molecule has 1 aliphatic rings. The van der Waals surface area contributed by atoms with Crippen LogP contribution in [0.15, 0.2) is 0 Å². The quantitative estimate of drug-likeness (QED) is 0.710. The molecule has 0 amide bonds. The van der Waals surface area contributed by atoms with Crippen LogP contribution in [0.2, 0.25) is 0 Å². The number of ether oxygens (including phenoxy) is 2. The van der Waals surface area contributed by atoms with Gasteiger partial charge < -0.3 is 14.6 Å². The summed E-state index contributed by atoms with van der Waals surface area (Å²) in [4.78, 5) is 13.4. The van der Waals surface area contributed by atoms with Crippen LogP contribution in [0.4, 0.5) is 0 Å². The summed E-state index contributed by atoms with van der Waals surface area (Å²) >= 11 is 0. The van der Waals surface area contributed by atoms with Crippen LogP contribution in [0.5, 0.6) is 0 Å². The van der Waals surface area contributed by atoms with Gasteiger partial charge in [-0.15, -0.1) is 0 Å². The molecule has 0 aliphatic carbocycles. The molecule has 1 aliphatic heterocycles. The second-order valence-corrected chi connectivity index (χ2v) is 4.80. The van der Waals surface area contributed by atoms with Crippen molar-refractivity contribution in [1.29, 1.82) is 0 Å². The summed E-state index contributed by atoms with van der Waals surface area (Å²) in [6, 6.07) is 0.191. The number of carboxylic acids is 1. The third-order valence-electron chi connectivity index (χ3n) is 3.40. The van der Waals surface area contributed by atoms with Crippen LogP contribution in [-0.4, -0.2) is 61.0 Å². The van der Waals surface area contributed by atoms with Crippen molar-refractivity contribution in [3.8, 4) is 0 Å². The first-order valence-corrected chi connectivity index (χ1v) is 6.75. The van der Waals surface area contributed by atoms with Crippen molar-refractivity contribution in [2.75, 3.05) is 33.0 Å². The van der Waals surface area contributed by atoms with E-state index in [1.165, 1.54) is 0 Å². The highest BCUT2D eigenvalue weighted by molar-refractivity contribution is 5.71. The van der Waals surface area contributed by atoms with Crippen molar-refractivity contribution in [3.05, 3.63) is 0 Å².